The molecule has 6 rings (SSSR count). The van der Waals surface area contributed by atoms with Crippen LogP contribution in [0.2, 0.25) is 5.02 Å². The average molecular weight is 544 g/mol. The first-order valence-electron chi connectivity index (χ1n) is 12.2. The fourth-order valence-corrected chi connectivity index (χ4v) is 5.84. The van der Waals surface area contributed by atoms with E-state index in [1.165, 1.54) is 26.4 Å². The summed E-state index contributed by atoms with van der Waals surface area (Å²) in [5.74, 6) is -1.57. The van der Waals surface area contributed by atoms with Gasteiger partial charge in [-0.05, 0) is 24.6 Å². The van der Waals surface area contributed by atoms with Crippen molar-refractivity contribution in [2.45, 2.75) is 18.9 Å². The summed E-state index contributed by atoms with van der Waals surface area (Å²) in [6.07, 6.45) is 1.62. The molecular formula is C30H22ClNO7. The number of rotatable bonds is 4. The molecule has 0 bridgehead atoms. The Morgan fingerprint density at radius 2 is 1.54 bits per heavy atom. The van der Waals surface area contributed by atoms with Gasteiger partial charge in [-0.1, -0.05) is 42.8 Å². The highest BCUT2D eigenvalue weighted by atomic mass is 35.5. The Balaban J connectivity index is 1.32. The lowest BCUT2D eigenvalue weighted by Gasteiger charge is -2.35. The lowest BCUT2D eigenvalue weighted by Crippen LogP contribution is -2.55. The number of Topliss-reactive ketones (excluding diaryl/α,β-unsaturated/α-hetero) is 1. The molecule has 1 N–H and O–H groups in total. The maximum Gasteiger partial charge on any atom is 0.236 e. The third-order valence-corrected chi connectivity index (χ3v) is 7.90. The van der Waals surface area contributed by atoms with E-state index in [9.17, 15) is 19.2 Å². The molecule has 39 heavy (non-hydrogen) atoms. The first-order chi connectivity index (χ1) is 18.7. The minimum Gasteiger partial charge on any atom is -0.496 e. The van der Waals surface area contributed by atoms with Crippen LogP contribution in [0.1, 0.15) is 55.5 Å². The molecule has 0 radical (unpaired) electrons. The number of methoxy groups -OCH3 is 2. The van der Waals surface area contributed by atoms with Crippen LogP contribution in [0.3, 0.4) is 0 Å². The van der Waals surface area contributed by atoms with Gasteiger partial charge in [0, 0.05) is 51.7 Å². The van der Waals surface area contributed by atoms with Crippen molar-refractivity contribution in [2.24, 2.45) is 5.92 Å². The van der Waals surface area contributed by atoms with Gasteiger partial charge in [-0.25, -0.2) is 0 Å². The van der Waals surface area contributed by atoms with Gasteiger partial charge in [0.15, 0.2) is 17.3 Å². The second-order valence-corrected chi connectivity index (χ2v) is 10.1. The quantitative estimate of drug-likeness (QED) is 0.356. The molecule has 0 fully saturated rings. The predicted octanol–water partition coefficient (Wildman–Crippen LogP) is 5.05. The van der Waals surface area contributed by atoms with Crippen molar-refractivity contribution in [1.29, 1.82) is 0 Å². The number of benzene rings is 3. The summed E-state index contributed by atoms with van der Waals surface area (Å²) in [5, 5.41) is 3.27. The first-order valence-corrected chi connectivity index (χ1v) is 12.6. The molecule has 0 aromatic heterocycles. The lowest BCUT2D eigenvalue weighted by molar-refractivity contribution is -0.129. The van der Waals surface area contributed by atoms with Crippen LogP contribution >= 0.6 is 11.6 Å². The summed E-state index contributed by atoms with van der Waals surface area (Å²) < 4.78 is 16.7. The molecule has 196 valence electrons. The summed E-state index contributed by atoms with van der Waals surface area (Å²) >= 11 is 6.45. The predicted molar refractivity (Wildman–Crippen MR) is 142 cm³/mol. The Morgan fingerprint density at radius 3 is 2.18 bits per heavy atom. The van der Waals surface area contributed by atoms with Crippen LogP contribution in [0, 0.1) is 5.92 Å². The number of ketones is 4. The summed E-state index contributed by atoms with van der Waals surface area (Å²) in [6.45, 7) is 1.75. The van der Waals surface area contributed by atoms with Gasteiger partial charge in [-0.3, -0.25) is 19.2 Å². The van der Waals surface area contributed by atoms with E-state index in [4.69, 9.17) is 25.8 Å². The van der Waals surface area contributed by atoms with E-state index >= 15 is 0 Å². The van der Waals surface area contributed by atoms with Crippen molar-refractivity contribution in [1.82, 2.24) is 0 Å². The van der Waals surface area contributed by atoms with E-state index < -0.39 is 23.1 Å². The van der Waals surface area contributed by atoms with Crippen LogP contribution in [0.4, 0.5) is 5.69 Å². The first kappa shape index (κ1) is 24.9. The second kappa shape index (κ2) is 8.81. The minimum absolute atomic E-state index is 0.0565. The highest BCUT2D eigenvalue weighted by Gasteiger charge is 2.60. The molecule has 0 saturated carbocycles. The SMILES string of the molecule is COc1cc(OC)c2c(c1Cl)O[C@@]1(C(=O)C=C(Nc3ccc4c(c3)C(=O)c3ccccc3C4=O)C[C@H]1C)C2=O. The summed E-state index contributed by atoms with van der Waals surface area (Å²) in [6, 6.07) is 13.1. The number of anilines is 1. The molecule has 3 aromatic carbocycles. The number of fused-ring (bicyclic) bond motifs is 3. The van der Waals surface area contributed by atoms with Crippen molar-refractivity contribution in [3.8, 4) is 17.2 Å². The molecule has 3 aromatic rings. The zero-order valence-electron chi connectivity index (χ0n) is 21.2. The van der Waals surface area contributed by atoms with E-state index in [0.29, 0.717) is 28.1 Å². The topological polar surface area (TPSA) is 108 Å². The summed E-state index contributed by atoms with van der Waals surface area (Å²) in [7, 11) is 2.84. The number of allylic oxidation sites excluding steroid dienone is 1. The summed E-state index contributed by atoms with van der Waals surface area (Å²) in [5.41, 5.74) is 0.739. The third-order valence-electron chi connectivity index (χ3n) is 7.54. The Kier molecular flexibility index (Phi) is 5.62. The molecule has 0 unspecified atom stereocenters. The molecule has 2 atom stereocenters. The lowest BCUT2D eigenvalue weighted by atomic mass is 9.74. The van der Waals surface area contributed by atoms with Gasteiger partial charge < -0.3 is 19.5 Å². The van der Waals surface area contributed by atoms with Gasteiger partial charge in [0.2, 0.25) is 17.2 Å². The number of carbonyl (C=O) groups is 4. The standard InChI is InChI=1S/C30H22ClNO7/c1-14-10-16(32-15-8-9-19-20(11-15)27(35)18-7-5-4-6-17(18)26(19)34)12-23(33)30(14)29(36)24-21(37-2)13-22(38-3)25(31)28(24)39-30/h4-9,11-14,32H,10H2,1-3H3/t14-,30+/m1/s1. The van der Waals surface area contributed by atoms with Crippen LogP contribution in [0.15, 0.2) is 60.3 Å². The third kappa shape index (κ3) is 3.44. The second-order valence-electron chi connectivity index (χ2n) is 9.69. The van der Waals surface area contributed by atoms with Gasteiger partial charge in [0.05, 0.1) is 14.2 Å². The molecule has 2 aliphatic carbocycles. The van der Waals surface area contributed by atoms with Gasteiger partial charge in [-0.15, -0.1) is 0 Å². The fourth-order valence-electron chi connectivity index (χ4n) is 5.58. The van der Waals surface area contributed by atoms with Crippen molar-refractivity contribution in [2.75, 3.05) is 19.5 Å². The van der Waals surface area contributed by atoms with Crippen molar-refractivity contribution >= 4 is 40.4 Å². The monoisotopic (exact) mass is 543 g/mol. The maximum absolute atomic E-state index is 13.7. The number of hydrogen-bond acceptors (Lipinski definition) is 8. The van der Waals surface area contributed by atoms with Gasteiger partial charge >= 0.3 is 0 Å². The normalized spacial score (nSPS) is 21.1. The van der Waals surface area contributed by atoms with Gasteiger partial charge in [0.1, 0.15) is 22.1 Å². The smallest absolute Gasteiger partial charge is 0.236 e. The van der Waals surface area contributed by atoms with Crippen molar-refractivity contribution in [3.05, 3.63) is 93.1 Å². The Bertz CT molecular complexity index is 1670. The largest absolute Gasteiger partial charge is 0.496 e. The Hall–Kier alpha value is -4.43. The maximum atomic E-state index is 13.7. The number of hydrogen-bond donors (Lipinski definition) is 1. The number of ether oxygens (including phenoxy) is 3. The van der Waals surface area contributed by atoms with E-state index in [1.807, 2.05) is 0 Å². The number of nitrogens with one attached hydrogen (secondary N) is 1. The van der Waals surface area contributed by atoms with Crippen LogP contribution in [-0.2, 0) is 4.79 Å². The van der Waals surface area contributed by atoms with Crippen molar-refractivity contribution in [3.63, 3.8) is 0 Å². The van der Waals surface area contributed by atoms with E-state index in [1.54, 1.807) is 49.4 Å². The van der Waals surface area contributed by atoms with Crippen LogP contribution in [-0.4, -0.2) is 43.0 Å². The fraction of sp³-hybridized carbons (Fsp3) is 0.200. The Morgan fingerprint density at radius 1 is 0.897 bits per heavy atom. The van der Waals surface area contributed by atoms with Gasteiger partial charge in [-0.2, -0.15) is 0 Å². The minimum atomic E-state index is -1.79. The molecule has 9 heteroatoms. The number of halogens is 1. The average Bonchev–Trinajstić information content (AvgIpc) is 3.25. The van der Waals surface area contributed by atoms with E-state index in [-0.39, 0.29) is 51.4 Å². The highest BCUT2D eigenvalue weighted by molar-refractivity contribution is 6.36. The van der Waals surface area contributed by atoms with E-state index in [2.05, 4.69) is 5.32 Å². The van der Waals surface area contributed by atoms with Crippen molar-refractivity contribution < 1.29 is 33.4 Å². The molecule has 1 aliphatic heterocycles. The van der Waals surface area contributed by atoms with Crippen LogP contribution in [0.25, 0.3) is 0 Å². The van der Waals surface area contributed by atoms with Crippen LogP contribution in [0.5, 0.6) is 17.2 Å². The van der Waals surface area contributed by atoms with Crippen LogP contribution < -0.4 is 19.5 Å². The zero-order valence-corrected chi connectivity index (χ0v) is 22.0. The molecule has 0 saturated heterocycles. The summed E-state index contributed by atoms with van der Waals surface area (Å²) in [4.78, 5) is 53.3. The molecule has 3 aliphatic rings. The molecule has 8 nitrogen and oxygen atoms in total. The van der Waals surface area contributed by atoms with E-state index in [0.717, 1.165) is 0 Å². The van der Waals surface area contributed by atoms with Gasteiger partial charge in [0.25, 0.3) is 0 Å². The molecular weight excluding hydrogens is 522 g/mol. The molecule has 1 spiro atoms. The highest BCUT2D eigenvalue weighted by Crippen LogP contribution is 2.53. The Labute approximate surface area is 228 Å². The number of carbonyl (C=O) groups excluding carboxylic acids is 4. The molecule has 0 amide bonds. The zero-order chi connectivity index (χ0) is 27.6. The molecule has 1 heterocycles.